The number of nitrogens with one attached hydrogen (secondary N) is 2. The molecule has 1 fully saturated rings. The standard InChI is InChI=1S/C23H27FN4O2S/c1-16(2)14-21(29)28-12-10-27(11-13-28)20-8-6-19(7-9-20)25-23(31)26-22(30)17-4-3-5-18(24)15-17/h3-9,15-16H,10-14H2,1-2H3,(H2,25,26,30,31). The highest BCUT2D eigenvalue weighted by atomic mass is 32.1. The summed E-state index contributed by atoms with van der Waals surface area (Å²) in [5.74, 6) is -0.357. The average molecular weight is 443 g/mol. The summed E-state index contributed by atoms with van der Waals surface area (Å²) in [5.41, 5.74) is 2.00. The zero-order chi connectivity index (χ0) is 22.4. The Kier molecular flexibility index (Phi) is 7.57. The van der Waals surface area contributed by atoms with Crippen LogP contribution in [0.3, 0.4) is 0 Å². The molecule has 31 heavy (non-hydrogen) atoms. The molecular formula is C23H27FN4O2S. The van der Waals surface area contributed by atoms with Crippen LogP contribution in [0, 0.1) is 11.7 Å². The van der Waals surface area contributed by atoms with Gasteiger partial charge in [0.05, 0.1) is 0 Å². The van der Waals surface area contributed by atoms with E-state index in [9.17, 15) is 14.0 Å². The zero-order valence-electron chi connectivity index (χ0n) is 17.7. The molecule has 0 aliphatic carbocycles. The Labute approximate surface area is 187 Å². The van der Waals surface area contributed by atoms with Crippen LogP contribution in [0.15, 0.2) is 48.5 Å². The Morgan fingerprint density at radius 2 is 1.74 bits per heavy atom. The van der Waals surface area contributed by atoms with Gasteiger partial charge in [-0.1, -0.05) is 19.9 Å². The second kappa shape index (κ2) is 10.3. The summed E-state index contributed by atoms with van der Waals surface area (Å²) in [6, 6.07) is 13.1. The summed E-state index contributed by atoms with van der Waals surface area (Å²) >= 11 is 5.19. The Balaban J connectivity index is 1.49. The predicted octanol–water partition coefficient (Wildman–Crippen LogP) is 3.65. The Morgan fingerprint density at radius 3 is 2.35 bits per heavy atom. The number of anilines is 2. The van der Waals surface area contributed by atoms with E-state index in [0.717, 1.165) is 43.6 Å². The molecule has 2 aromatic rings. The van der Waals surface area contributed by atoms with E-state index >= 15 is 0 Å². The molecule has 1 saturated heterocycles. The van der Waals surface area contributed by atoms with E-state index in [4.69, 9.17) is 12.2 Å². The third-order valence-electron chi connectivity index (χ3n) is 5.02. The van der Waals surface area contributed by atoms with Crippen molar-refractivity contribution < 1.29 is 14.0 Å². The second-order valence-electron chi connectivity index (χ2n) is 7.93. The Hall–Kier alpha value is -3.00. The topological polar surface area (TPSA) is 64.7 Å². The lowest BCUT2D eigenvalue weighted by molar-refractivity contribution is -0.132. The fourth-order valence-corrected chi connectivity index (χ4v) is 3.63. The lowest BCUT2D eigenvalue weighted by atomic mass is 10.1. The number of thiocarbonyl (C=S) groups is 1. The number of carbonyl (C=O) groups is 2. The summed E-state index contributed by atoms with van der Waals surface area (Å²) in [7, 11) is 0. The van der Waals surface area contributed by atoms with Gasteiger partial charge in [0, 0.05) is 49.5 Å². The maximum atomic E-state index is 13.3. The number of amides is 2. The maximum Gasteiger partial charge on any atom is 0.257 e. The average Bonchev–Trinajstić information content (AvgIpc) is 2.74. The molecule has 0 saturated carbocycles. The normalized spacial score (nSPS) is 13.8. The van der Waals surface area contributed by atoms with Crippen LogP contribution in [0.2, 0.25) is 0 Å². The summed E-state index contributed by atoms with van der Waals surface area (Å²) < 4.78 is 13.3. The SMILES string of the molecule is CC(C)CC(=O)N1CCN(c2ccc(NC(=S)NC(=O)c3cccc(F)c3)cc2)CC1. The molecule has 1 heterocycles. The van der Waals surface area contributed by atoms with Crippen LogP contribution in [0.4, 0.5) is 15.8 Å². The van der Waals surface area contributed by atoms with Gasteiger partial charge in [0.2, 0.25) is 5.91 Å². The summed E-state index contributed by atoms with van der Waals surface area (Å²) in [5, 5.41) is 5.65. The quantitative estimate of drug-likeness (QED) is 0.692. The molecule has 164 valence electrons. The second-order valence-corrected chi connectivity index (χ2v) is 8.34. The van der Waals surface area contributed by atoms with Crippen molar-refractivity contribution in [3.63, 3.8) is 0 Å². The number of hydrogen-bond acceptors (Lipinski definition) is 4. The van der Waals surface area contributed by atoms with Crippen LogP contribution in [0.25, 0.3) is 0 Å². The summed E-state index contributed by atoms with van der Waals surface area (Å²) in [6.45, 7) is 7.14. The molecular weight excluding hydrogens is 415 g/mol. The van der Waals surface area contributed by atoms with Crippen LogP contribution in [-0.2, 0) is 4.79 Å². The highest BCUT2D eigenvalue weighted by Gasteiger charge is 2.21. The smallest absolute Gasteiger partial charge is 0.257 e. The van der Waals surface area contributed by atoms with Crippen molar-refractivity contribution in [2.45, 2.75) is 20.3 Å². The predicted molar refractivity (Wildman–Crippen MR) is 125 cm³/mol. The number of hydrogen-bond donors (Lipinski definition) is 2. The van der Waals surface area contributed by atoms with Crippen molar-refractivity contribution in [3.05, 3.63) is 59.9 Å². The van der Waals surface area contributed by atoms with E-state index in [2.05, 4.69) is 29.4 Å². The van der Waals surface area contributed by atoms with Crippen molar-refractivity contribution in [3.8, 4) is 0 Å². The van der Waals surface area contributed by atoms with Crippen molar-refractivity contribution in [2.24, 2.45) is 5.92 Å². The molecule has 2 amide bonds. The molecule has 6 nitrogen and oxygen atoms in total. The number of halogens is 1. The number of benzene rings is 2. The Morgan fingerprint density at radius 1 is 1.06 bits per heavy atom. The van der Waals surface area contributed by atoms with E-state index in [-0.39, 0.29) is 16.6 Å². The van der Waals surface area contributed by atoms with E-state index in [1.807, 2.05) is 29.2 Å². The van der Waals surface area contributed by atoms with Crippen molar-refractivity contribution in [2.75, 3.05) is 36.4 Å². The lowest BCUT2D eigenvalue weighted by Crippen LogP contribution is -2.49. The minimum absolute atomic E-state index is 0.138. The van der Waals surface area contributed by atoms with Gasteiger partial charge in [-0.2, -0.15) is 0 Å². The van der Waals surface area contributed by atoms with Crippen molar-refractivity contribution >= 4 is 40.5 Å². The van der Waals surface area contributed by atoms with E-state index in [1.165, 1.54) is 18.2 Å². The van der Waals surface area contributed by atoms with Gasteiger partial charge in [-0.3, -0.25) is 14.9 Å². The molecule has 3 rings (SSSR count). The first-order valence-corrected chi connectivity index (χ1v) is 10.7. The van der Waals surface area contributed by atoms with Gasteiger partial charge in [-0.25, -0.2) is 4.39 Å². The van der Waals surface area contributed by atoms with Crippen molar-refractivity contribution in [1.29, 1.82) is 0 Å². The van der Waals surface area contributed by atoms with Gasteiger partial charge in [0.25, 0.3) is 5.91 Å². The first-order valence-electron chi connectivity index (χ1n) is 10.3. The van der Waals surface area contributed by atoms with Gasteiger partial charge in [0.1, 0.15) is 5.82 Å². The first-order chi connectivity index (χ1) is 14.8. The van der Waals surface area contributed by atoms with Gasteiger partial charge in [-0.15, -0.1) is 0 Å². The number of piperazine rings is 1. The lowest BCUT2D eigenvalue weighted by Gasteiger charge is -2.36. The van der Waals surface area contributed by atoms with Gasteiger partial charge in [-0.05, 0) is 60.6 Å². The minimum Gasteiger partial charge on any atom is -0.368 e. The largest absolute Gasteiger partial charge is 0.368 e. The third kappa shape index (κ3) is 6.49. The van der Waals surface area contributed by atoms with E-state index < -0.39 is 11.7 Å². The third-order valence-corrected chi connectivity index (χ3v) is 5.22. The van der Waals surface area contributed by atoms with Crippen molar-refractivity contribution in [1.82, 2.24) is 10.2 Å². The van der Waals surface area contributed by atoms with Crippen LogP contribution in [0.5, 0.6) is 0 Å². The highest BCUT2D eigenvalue weighted by molar-refractivity contribution is 7.80. The number of carbonyl (C=O) groups excluding carboxylic acids is 2. The van der Waals surface area contributed by atoms with Gasteiger partial charge in [0.15, 0.2) is 5.11 Å². The van der Waals surface area contributed by atoms with Gasteiger partial charge >= 0.3 is 0 Å². The molecule has 0 radical (unpaired) electrons. The fraction of sp³-hybridized carbons (Fsp3) is 0.348. The zero-order valence-corrected chi connectivity index (χ0v) is 18.5. The van der Waals surface area contributed by atoms with Crippen LogP contribution < -0.4 is 15.5 Å². The van der Waals surface area contributed by atoms with Crippen LogP contribution >= 0.6 is 12.2 Å². The highest BCUT2D eigenvalue weighted by Crippen LogP contribution is 2.20. The number of rotatable bonds is 5. The number of nitrogens with zero attached hydrogens (tertiary/aromatic N) is 2. The molecule has 0 atom stereocenters. The molecule has 0 unspecified atom stereocenters. The Bertz CT molecular complexity index is 941. The monoisotopic (exact) mass is 442 g/mol. The molecule has 2 N–H and O–H groups in total. The molecule has 0 aromatic heterocycles. The molecule has 1 aliphatic rings. The van der Waals surface area contributed by atoms with E-state index in [0.29, 0.717) is 12.3 Å². The molecule has 8 heteroatoms. The van der Waals surface area contributed by atoms with Gasteiger partial charge < -0.3 is 15.1 Å². The first kappa shape index (κ1) is 22.7. The van der Waals surface area contributed by atoms with Crippen LogP contribution in [-0.4, -0.2) is 48.0 Å². The van der Waals surface area contributed by atoms with Crippen LogP contribution in [0.1, 0.15) is 30.6 Å². The minimum atomic E-state index is -0.479. The van der Waals surface area contributed by atoms with E-state index in [1.54, 1.807) is 0 Å². The molecule has 2 aromatic carbocycles. The fourth-order valence-electron chi connectivity index (χ4n) is 3.42. The molecule has 1 aliphatic heterocycles. The summed E-state index contributed by atoms with van der Waals surface area (Å²) in [6.07, 6.45) is 0.593. The maximum absolute atomic E-state index is 13.3. The molecule has 0 spiro atoms. The summed E-state index contributed by atoms with van der Waals surface area (Å²) in [4.78, 5) is 28.6. The molecule has 0 bridgehead atoms.